The standard InChI is InChI=1S/C28H33N3O3/c1-21(28(32)29-24-14-15-25(33-2)26(20-24)34-3)30-16-18-31(19-17-30)27(22-10-6-4-7-11-22)23-12-8-5-9-13-23/h4-15,20-21,27H,16-19H2,1-3H3,(H,29,32). The third kappa shape index (κ3) is 5.41. The van der Waals surface area contributed by atoms with E-state index in [1.54, 1.807) is 26.4 Å². The van der Waals surface area contributed by atoms with Crippen molar-refractivity contribution in [3.05, 3.63) is 90.0 Å². The molecule has 0 spiro atoms. The molecule has 1 fully saturated rings. The first-order valence-electron chi connectivity index (χ1n) is 11.7. The number of amides is 1. The molecule has 1 aliphatic rings. The molecule has 0 aromatic heterocycles. The number of hydrogen-bond acceptors (Lipinski definition) is 5. The van der Waals surface area contributed by atoms with Gasteiger partial charge < -0.3 is 14.8 Å². The molecular formula is C28H33N3O3. The van der Waals surface area contributed by atoms with Gasteiger partial charge in [0.2, 0.25) is 5.91 Å². The van der Waals surface area contributed by atoms with Crippen molar-refractivity contribution in [3.63, 3.8) is 0 Å². The number of carbonyl (C=O) groups excluding carboxylic acids is 1. The second-order valence-corrected chi connectivity index (χ2v) is 8.53. The maximum atomic E-state index is 13.0. The number of piperazine rings is 1. The van der Waals surface area contributed by atoms with E-state index in [9.17, 15) is 4.79 Å². The van der Waals surface area contributed by atoms with Crippen LogP contribution >= 0.6 is 0 Å². The average molecular weight is 460 g/mol. The third-order valence-electron chi connectivity index (χ3n) is 6.52. The normalized spacial score (nSPS) is 15.6. The Morgan fingerprint density at radius 3 is 1.82 bits per heavy atom. The molecule has 1 heterocycles. The zero-order valence-electron chi connectivity index (χ0n) is 20.1. The molecule has 6 nitrogen and oxygen atoms in total. The molecule has 1 N–H and O–H groups in total. The van der Waals surface area contributed by atoms with Gasteiger partial charge in [0.15, 0.2) is 11.5 Å². The van der Waals surface area contributed by atoms with Crippen molar-refractivity contribution in [1.29, 1.82) is 0 Å². The summed E-state index contributed by atoms with van der Waals surface area (Å²) in [4.78, 5) is 17.7. The Labute approximate surface area is 202 Å². The number of methoxy groups -OCH3 is 2. The maximum Gasteiger partial charge on any atom is 0.241 e. The first-order chi connectivity index (χ1) is 16.6. The lowest BCUT2D eigenvalue weighted by Crippen LogP contribution is -2.53. The first kappa shape index (κ1) is 23.8. The lowest BCUT2D eigenvalue weighted by molar-refractivity contribution is -0.121. The summed E-state index contributed by atoms with van der Waals surface area (Å²) >= 11 is 0. The second-order valence-electron chi connectivity index (χ2n) is 8.53. The van der Waals surface area contributed by atoms with Gasteiger partial charge in [-0.05, 0) is 30.2 Å². The quantitative estimate of drug-likeness (QED) is 0.540. The summed E-state index contributed by atoms with van der Waals surface area (Å²) in [6.07, 6.45) is 0. The van der Waals surface area contributed by atoms with Gasteiger partial charge in [-0.15, -0.1) is 0 Å². The number of hydrogen-bond donors (Lipinski definition) is 1. The molecule has 178 valence electrons. The first-order valence-corrected chi connectivity index (χ1v) is 11.7. The predicted molar refractivity (Wildman–Crippen MR) is 136 cm³/mol. The second kappa shape index (κ2) is 11.2. The van der Waals surface area contributed by atoms with Crippen LogP contribution in [0.3, 0.4) is 0 Å². The summed E-state index contributed by atoms with van der Waals surface area (Å²) < 4.78 is 10.6. The largest absolute Gasteiger partial charge is 0.493 e. The van der Waals surface area contributed by atoms with Crippen molar-refractivity contribution in [1.82, 2.24) is 9.80 Å². The van der Waals surface area contributed by atoms with Gasteiger partial charge in [0, 0.05) is 37.9 Å². The van der Waals surface area contributed by atoms with Crippen LogP contribution in [-0.2, 0) is 4.79 Å². The molecule has 3 aromatic rings. The Morgan fingerprint density at radius 1 is 0.765 bits per heavy atom. The van der Waals surface area contributed by atoms with E-state index in [1.165, 1.54) is 11.1 Å². The van der Waals surface area contributed by atoms with Gasteiger partial charge >= 0.3 is 0 Å². The lowest BCUT2D eigenvalue weighted by Gasteiger charge is -2.41. The summed E-state index contributed by atoms with van der Waals surface area (Å²) in [5, 5.41) is 3.02. The zero-order chi connectivity index (χ0) is 23.9. The van der Waals surface area contributed by atoms with Gasteiger partial charge in [-0.3, -0.25) is 14.6 Å². The molecule has 4 rings (SSSR count). The lowest BCUT2D eigenvalue weighted by atomic mass is 9.96. The molecule has 0 radical (unpaired) electrons. The third-order valence-corrected chi connectivity index (χ3v) is 6.52. The van der Waals surface area contributed by atoms with Crippen LogP contribution in [0.4, 0.5) is 5.69 Å². The fourth-order valence-electron chi connectivity index (χ4n) is 4.59. The van der Waals surface area contributed by atoms with E-state index in [1.807, 2.05) is 13.0 Å². The van der Waals surface area contributed by atoms with E-state index in [0.29, 0.717) is 17.2 Å². The van der Waals surface area contributed by atoms with Crippen molar-refractivity contribution in [3.8, 4) is 11.5 Å². The maximum absolute atomic E-state index is 13.0. The predicted octanol–water partition coefficient (Wildman–Crippen LogP) is 4.44. The zero-order valence-corrected chi connectivity index (χ0v) is 20.1. The van der Waals surface area contributed by atoms with Gasteiger partial charge in [0.25, 0.3) is 0 Å². The number of benzene rings is 3. The number of nitrogens with one attached hydrogen (secondary N) is 1. The molecule has 0 aliphatic carbocycles. The Morgan fingerprint density at radius 2 is 1.29 bits per heavy atom. The van der Waals surface area contributed by atoms with Crippen molar-refractivity contribution in [2.24, 2.45) is 0 Å². The van der Waals surface area contributed by atoms with Crippen LogP contribution in [0, 0.1) is 0 Å². The smallest absolute Gasteiger partial charge is 0.241 e. The van der Waals surface area contributed by atoms with E-state index < -0.39 is 0 Å². The molecule has 0 bridgehead atoms. The average Bonchev–Trinajstić information content (AvgIpc) is 2.90. The van der Waals surface area contributed by atoms with Crippen LogP contribution in [0.15, 0.2) is 78.9 Å². The Hall–Kier alpha value is -3.35. The Bertz CT molecular complexity index is 1030. The Kier molecular flexibility index (Phi) is 7.83. The van der Waals surface area contributed by atoms with Crippen LogP contribution in [0.5, 0.6) is 11.5 Å². The minimum atomic E-state index is -0.234. The number of rotatable bonds is 8. The van der Waals surface area contributed by atoms with Crippen molar-refractivity contribution in [2.45, 2.75) is 19.0 Å². The van der Waals surface area contributed by atoms with Gasteiger partial charge in [-0.25, -0.2) is 0 Å². The number of carbonyl (C=O) groups is 1. The molecule has 1 saturated heterocycles. The molecule has 1 atom stereocenters. The fourth-order valence-corrected chi connectivity index (χ4v) is 4.59. The van der Waals surface area contributed by atoms with Gasteiger partial charge in [0.05, 0.1) is 26.3 Å². The van der Waals surface area contributed by atoms with Crippen molar-refractivity contribution in [2.75, 3.05) is 45.7 Å². The Balaban J connectivity index is 1.41. The van der Waals surface area contributed by atoms with E-state index in [2.05, 4.69) is 75.8 Å². The summed E-state index contributed by atoms with van der Waals surface area (Å²) in [7, 11) is 3.18. The fraction of sp³-hybridized carbons (Fsp3) is 0.321. The summed E-state index contributed by atoms with van der Waals surface area (Å²) in [6.45, 7) is 5.41. The molecule has 1 amide bonds. The molecule has 1 unspecified atom stereocenters. The van der Waals surface area contributed by atoms with E-state index in [-0.39, 0.29) is 18.0 Å². The number of anilines is 1. The topological polar surface area (TPSA) is 54.0 Å². The highest BCUT2D eigenvalue weighted by Gasteiger charge is 2.30. The summed E-state index contributed by atoms with van der Waals surface area (Å²) in [5.74, 6) is 1.20. The molecule has 0 saturated carbocycles. The van der Waals surface area contributed by atoms with Crippen LogP contribution in [0.2, 0.25) is 0 Å². The van der Waals surface area contributed by atoms with E-state index >= 15 is 0 Å². The van der Waals surface area contributed by atoms with E-state index in [4.69, 9.17) is 9.47 Å². The highest BCUT2D eigenvalue weighted by atomic mass is 16.5. The van der Waals surface area contributed by atoms with Crippen LogP contribution in [-0.4, -0.2) is 62.1 Å². The highest BCUT2D eigenvalue weighted by molar-refractivity contribution is 5.94. The molecule has 6 heteroatoms. The van der Waals surface area contributed by atoms with E-state index in [0.717, 1.165) is 26.2 Å². The van der Waals surface area contributed by atoms with Crippen LogP contribution in [0.25, 0.3) is 0 Å². The van der Waals surface area contributed by atoms with Gasteiger partial charge in [0.1, 0.15) is 0 Å². The van der Waals surface area contributed by atoms with Crippen LogP contribution in [0.1, 0.15) is 24.1 Å². The number of ether oxygens (including phenoxy) is 2. The molecule has 3 aromatic carbocycles. The van der Waals surface area contributed by atoms with Crippen LogP contribution < -0.4 is 14.8 Å². The summed E-state index contributed by atoms with van der Waals surface area (Å²) in [5.41, 5.74) is 3.28. The van der Waals surface area contributed by atoms with Gasteiger partial charge in [-0.2, -0.15) is 0 Å². The SMILES string of the molecule is COc1ccc(NC(=O)C(C)N2CCN(C(c3ccccc3)c3ccccc3)CC2)cc1OC. The molecule has 34 heavy (non-hydrogen) atoms. The van der Waals surface area contributed by atoms with Gasteiger partial charge in [-0.1, -0.05) is 60.7 Å². The minimum Gasteiger partial charge on any atom is -0.493 e. The molecular weight excluding hydrogens is 426 g/mol. The number of nitrogens with zero attached hydrogens (tertiary/aromatic N) is 2. The highest BCUT2D eigenvalue weighted by Crippen LogP contribution is 2.31. The van der Waals surface area contributed by atoms with Crippen molar-refractivity contribution < 1.29 is 14.3 Å². The minimum absolute atomic E-state index is 0.0247. The summed E-state index contributed by atoms with van der Waals surface area (Å²) in [6, 6.07) is 26.7. The van der Waals surface area contributed by atoms with Crippen molar-refractivity contribution >= 4 is 11.6 Å². The monoisotopic (exact) mass is 459 g/mol. The molecule has 1 aliphatic heterocycles.